The lowest BCUT2D eigenvalue weighted by Gasteiger charge is -2.50. The van der Waals surface area contributed by atoms with E-state index in [2.05, 4.69) is 0 Å². The van der Waals surface area contributed by atoms with E-state index >= 15 is 0 Å². The quantitative estimate of drug-likeness (QED) is 0.684. The van der Waals surface area contributed by atoms with Gasteiger partial charge in [-0.3, -0.25) is 4.79 Å². The lowest BCUT2D eigenvalue weighted by Crippen LogP contribution is -2.62. The van der Waals surface area contributed by atoms with Crippen molar-refractivity contribution in [1.82, 2.24) is 0 Å². The molecule has 2 aliphatic carbocycles. The Labute approximate surface area is 85.0 Å². The van der Waals surface area contributed by atoms with Crippen molar-refractivity contribution >= 4 is 5.97 Å². The molecule has 2 rings (SSSR count). The van der Waals surface area contributed by atoms with Gasteiger partial charge in [-0.1, -0.05) is 12.8 Å². The molecule has 0 aliphatic heterocycles. The van der Waals surface area contributed by atoms with Crippen molar-refractivity contribution in [3.05, 3.63) is 0 Å². The van der Waals surface area contributed by atoms with Crippen molar-refractivity contribution in [2.75, 3.05) is 6.61 Å². The van der Waals surface area contributed by atoms with E-state index in [-0.39, 0.29) is 5.97 Å². The molecule has 3 heteroatoms. The smallest absolute Gasteiger partial charge is 0.326 e. The molecular weight excluding hydrogens is 178 g/mol. The van der Waals surface area contributed by atoms with Crippen LogP contribution < -0.4 is 5.73 Å². The summed E-state index contributed by atoms with van der Waals surface area (Å²) in [5.74, 6) is -0.197. The van der Waals surface area contributed by atoms with Crippen LogP contribution in [0.2, 0.25) is 0 Å². The maximum absolute atomic E-state index is 11.5. The zero-order chi connectivity index (χ0) is 10.2. The van der Waals surface area contributed by atoms with Crippen molar-refractivity contribution in [2.24, 2.45) is 11.1 Å². The SMILES string of the molecule is CCOC(=O)C1(N)CC2(CCCC2)C1. The van der Waals surface area contributed by atoms with Gasteiger partial charge in [0.2, 0.25) is 0 Å². The van der Waals surface area contributed by atoms with Crippen molar-refractivity contribution in [3.63, 3.8) is 0 Å². The van der Waals surface area contributed by atoms with Gasteiger partial charge < -0.3 is 10.5 Å². The largest absolute Gasteiger partial charge is 0.465 e. The number of rotatable bonds is 2. The second kappa shape index (κ2) is 3.23. The topological polar surface area (TPSA) is 52.3 Å². The summed E-state index contributed by atoms with van der Waals surface area (Å²) >= 11 is 0. The van der Waals surface area contributed by atoms with Gasteiger partial charge in [-0.05, 0) is 38.0 Å². The van der Waals surface area contributed by atoms with Crippen molar-refractivity contribution in [1.29, 1.82) is 0 Å². The first kappa shape index (κ1) is 9.97. The molecule has 1 spiro atoms. The highest BCUT2D eigenvalue weighted by molar-refractivity contribution is 5.82. The van der Waals surface area contributed by atoms with Crippen LogP contribution in [0.1, 0.15) is 45.4 Å². The molecule has 0 bridgehead atoms. The van der Waals surface area contributed by atoms with Crippen molar-refractivity contribution < 1.29 is 9.53 Å². The van der Waals surface area contributed by atoms with Gasteiger partial charge in [-0.2, -0.15) is 0 Å². The summed E-state index contributed by atoms with van der Waals surface area (Å²) in [5.41, 5.74) is 5.76. The Kier molecular flexibility index (Phi) is 2.30. The van der Waals surface area contributed by atoms with E-state index in [4.69, 9.17) is 10.5 Å². The number of hydrogen-bond donors (Lipinski definition) is 1. The Bertz CT molecular complexity index is 236. The predicted molar refractivity (Wildman–Crippen MR) is 53.7 cm³/mol. The van der Waals surface area contributed by atoms with Crippen LogP contribution in [0.15, 0.2) is 0 Å². The van der Waals surface area contributed by atoms with Gasteiger partial charge in [0.05, 0.1) is 6.61 Å². The molecule has 3 nitrogen and oxygen atoms in total. The minimum atomic E-state index is -0.652. The summed E-state index contributed by atoms with van der Waals surface area (Å²) < 4.78 is 4.99. The average Bonchev–Trinajstić information content (AvgIpc) is 2.52. The van der Waals surface area contributed by atoms with Crippen molar-refractivity contribution in [2.45, 2.75) is 51.0 Å². The van der Waals surface area contributed by atoms with Gasteiger partial charge in [0.1, 0.15) is 5.54 Å². The molecule has 0 aromatic carbocycles. The number of carbonyl (C=O) groups excluding carboxylic acids is 1. The molecule has 2 fully saturated rings. The molecule has 0 unspecified atom stereocenters. The molecule has 2 aliphatic rings. The monoisotopic (exact) mass is 197 g/mol. The number of esters is 1. The zero-order valence-corrected chi connectivity index (χ0v) is 8.84. The molecule has 80 valence electrons. The molecule has 2 N–H and O–H groups in total. The highest BCUT2D eigenvalue weighted by Gasteiger charge is 2.57. The van der Waals surface area contributed by atoms with Crippen LogP contribution in [0.25, 0.3) is 0 Å². The first-order valence-corrected chi connectivity index (χ1v) is 5.56. The van der Waals surface area contributed by atoms with Gasteiger partial charge in [0.25, 0.3) is 0 Å². The minimum absolute atomic E-state index is 0.197. The Morgan fingerprint density at radius 3 is 2.43 bits per heavy atom. The molecule has 14 heavy (non-hydrogen) atoms. The number of hydrogen-bond acceptors (Lipinski definition) is 3. The fourth-order valence-corrected chi connectivity index (χ4v) is 3.18. The maximum atomic E-state index is 11.5. The van der Waals surface area contributed by atoms with Crippen molar-refractivity contribution in [3.8, 4) is 0 Å². The third kappa shape index (κ3) is 1.44. The third-order valence-corrected chi connectivity index (χ3v) is 3.73. The van der Waals surface area contributed by atoms with E-state index in [9.17, 15) is 4.79 Å². The third-order valence-electron chi connectivity index (χ3n) is 3.73. The molecule has 0 aromatic rings. The number of nitrogens with two attached hydrogens (primary N) is 1. The standard InChI is InChI=1S/C11H19NO2/c1-2-14-9(13)11(12)7-10(8-11)5-3-4-6-10/h2-8,12H2,1H3. The van der Waals surface area contributed by atoms with Crippen LogP contribution in [0.3, 0.4) is 0 Å². The summed E-state index contributed by atoms with van der Waals surface area (Å²) in [4.78, 5) is 11.5. The lowest BCUT2D eigenvalue weighted by atomic mass is 9.57. The summed E-state index contributed by atoms with van der Waals surface area (Å²) in [6.45, 7) is 2.26. The van der Waals surface area contributed by atoms with E-state index in [0.717, 1.165) is 12.8 Å². The van der Waals surface area contributed by atoms with E-state index in [1.165, 1.54) is 25.7 Å². The minimum Gasteiger partial charge on any atom is -0.465 e. The normalized spacial score (nSPS) is 27.3. The molecule has 0 saturated heterocycles. The average molecular weight is 197 g/mol. The second-order valence-electron chi connectivity index (χ2n) is 4.94. The predicted octanol–water partition coefficient (Wildman–Crippen LogP) is 1.60. The molecule has 0 aromatic heterocycles. The van der Waals surface area contributed by atoms with Gasteiger partial charge in [-0.15, -0.1) is 0 Å². The van der Waals surface area contributed by atoms with Gasteiger partial charge >= 0.3 is 5.97 Å². The van der Waals surface area contributed by atoms with E-state index in [0.29, 0.717) is 12.0 Å². The second-order valence-corrected chi connectivity index (χ2v) is 4.94. The van der Waals surface area contributed by atoms with Crippen LogP contribution in [-0.2, 0) is 9.53 Å². The van der Waals surface area contributed by atoms with Gasteiger partial charge in [0, 0.05) is 0 Å². The Balaban J connectivity index is 1.93. The molecule has 0 radical (unpaired) electrons. The van der Waals surface area contributed by atoms with Crippen LogP contribution in [0, 0.1) is 5.41 Å². The van der Waals surface area contributed by atoms with Crippen LogP contribution in [-0.4, -0.2) is 18.1 Å². The molecule has 2 saturated carbocycles. The molecule has 0 heterocycles. The fourth-order valence-electron chi connectivity index (χ4n) is 3.18. The van der Waals surface area contributed by atoms with E-state index in [1.54, 1.807) is 0 Å². The summed E-state index contributed by atoms with van der Waals surface area (Å²) in [7, 11) is 0. The number of carbonyl (C=O) groups is 1. The highest BCUT2D eigenvalue weighted by atomic mass is 16.5. The Morgan fingerprint density at radius 2 is 1.93 bits per heavy atom. The number of ether oxygens (including phenoxy) is 1. The fraction of sp³-hybridized carbons (Fsp3) is 0.909. The van der Waals surface area contributed by atoms with Crippen LogP contribution in [0.5, 0.6) is 0 Å². The van der Waals surface area contributed by atoms with Crippen LogP contribution in [0.4, 0.5) is 0 Å². The van der Waals surface area contributed by atoms with E-state index < -0.39 is 5.54 Å². The maximum Gasteiger partial charge on any atom is 0.326 e. The highest BCUT2D eigenvalue weighted by Crippen LogP contribution is 2.57. The first-order chi connectivity index (χ1) is 6.60. The van der Waals surface area contributed by atoms with Gasteiger partial charge in [-0.25, -0.2) is 0 Å². The molecule has 0 amide bonds. The first-order valence-electron chi connectivity index (χ1n) is 5.56. The van der Waals surface area contributed by atoms with Gasteiger partial charge in [0.15, 0.2) is 0 Å². The zero-order valence-electron chi connectivity index (χ0n) is 8.84. The Hall–Kier alpha value is -0.570. The molecule has 0 atom stereocenters. The summed E-state index contributed by atoms with van der Waals surface area (Å²) in [5, 5.41) is 0. The lowest BCUT2D eigenvalue weighted by molar-refractivity contribution is -0.159. The van der Waals surface area contributed by atoms with E-state index in [1.807, 2.05) is 6.92 Å². The summed E-state index contributed by atoms with van der Waals surface area (Å²) in [6, 6.07) is 0. The summed E-state index contributed by atoms with van der Waals surface area (Å²) in [6.07, 6.45) is 6.81. The Morgan fingerprint density at radius 1 is 1.36 bits per heavy atom. The molecular formula is C11H19NO2. The van der Waals surface area contributed by atoms with Crippen LogP contribution >= 0.6 is 0 Å².